The molecule has 0 radical (unpaired) electrons. The van der Waals surface area contributed by atoms with Gasteiger partial charge in [0.2, 0.25) is 11.9 Å². The summed E-state index contributed by atoms with van der Waals surface area (Å²) in [5.41, 5.74) is 6.34. The van der Waals surface area contributed by atoms with Gasteiger partial charge in [0, 0.05) is 13.0 Å². The molecular formula is C17H22N6O3. The first-order chi connectivity index (χ1) is 12.5. The first-order valence-electron chi connectivity index (χ1n) is 8.36. The Labute approximate surface area is 150 Å². The number of hydrogen-bond donors (Lipinski definition) is 5. The van der Waals surface area contributed by atoms with Gasteiger partial charge >= 0.3 is 0 Å². The third kappa shape index (κ3) is 3.77. The van der Waals surface area contributed by atoms with Crippen LogP contribution in [0.4, 0.5) is 17.5 Å². The largest absolute Gasteiger partial charge is 0.386 e. The fourth-order valence-electron chi connectivity index (χ4n) is 2.88. The SMILES string of the molecule is CC(NC(=O)CCN1CNc2c1nc(N)[nH]c2=O)C(O)c1ccccc1. The molecule has 9 heteroatoms. The van der Waals surface area contributed by atoms with Crippen LogP contribution in [0.3, 0.4) is 0 Å². The van der Waals surface area contributed by atoms with Crippen molar-refractivity contribution >= 4 is 23.4 Å². The van der Waals surface area contributed by atoms with Crippen LogP contribution in [0.1, 0.15) is 25.0 Å². The zero-order valence-corrected chi connectivity index (χ0v) is 14.4. The van der Waals surface area contributed by atoms with E-state index in [1.807, 2.05) is 30.3 Å². The third-order valence-electron chi connectivity index (χ3n) is 4.28. The van der Waals surface area contributed by atoms with Crippen molar-refractivity contribution in [2.24, 2.45) is 0 Å². The van der Waals surface area contributed by atoms with Crippen LogP contribution >= 0.6 is 0 Å². The Morgan fingerprint density at radius 3 is 2.88 bits per heavy atom. The average molecular weight is 358 g/mol. The van der Waals surface area contributed by atoms with Crippen LogP contribution in [0.2, 0.25) is 0 Å². The van der Waals surface area contributed by atoms with E-state index in [-0.39, 0.29) is 23.8 Å². The van der Waals surface area contributed by atoms with Crippen LogP contribution in [0, 0.1) is 0 Å². The summed E-state index contributed by atoms with van der Waals surface area (Å²) in [5, 5.41) is 16.1. The van der Waals surface area contributed by atoms with Crippen molar-refractivity contribution < 1.29 is 9.90 Å². The molecule has 6 N–H and O–H groups in total. The Hall–Kier alpha value is -3.07. The second kappa shape index (κ2) is 7.44. The lowest BCUT2D eigenvalue weighted by Crippen LogP contribution is -2.39. The van der Waals surface area contributed by atoms with Gasteiger partial charge in [0.15, 0.2) is 5.82 Å². The highest BCUT2D eigenvalue weighted by Crippen LogP contribution is 2.25. The lowest BCUT2D eigenvalue weighted by Gasteiger charge is -2.22. The summed E-state index contributed by atoms with van der Waals surface area (Å²) in [5.74, 6) is 0.279. The number of aliphatic hydroxyl groups is 1. The quantitative estimate of drug-likeness (QED) is 0.496. The fourth-order valence-corrected chi connectivity index (χ4v) is 2.88. The summed E-state index contributed by atoms with van der Waals surface area (Å²) in [6, 6.07) is 8.75. The summed E-state index contributed by atoms with van der Waals surface area (Å²) in [6.45, 7) is 2.50. The van der Waals surface area contributed by atoms with E-state index in [1.54, 1.807) is 11.8 Å². The van der Waals surface area contributed by atoms with Crippen molar-refractivity contribution in [3.8, 4) is 0 Å². The van der Waals surface area contributed by atoms with Crippen LogP contribution in [0.25, 0.3) is 0 Å². The number of nitrogens with zero attached hydrogens (tertiary/aromatic N) is 2. The molecule has 2 unspecified atom stereocenters. The highest BCUT2D eigenvalue weighted by atomic mass is 16.3. The number of benzene rings is 1. The first kappa shape index (κ1) is 17.7. The van der Waals surface area contributed by atoms with E-state index in [4.69, 9.17) is 5.73 Å². The predicted molar refractivity (Wildman–Crippen MR) is 98.7 cm³/mol. The maximum atomic E-state index is 12.2. The molecule has 26 heavy (non-hydrogen) atoms. The standard InChI is InChI=1S/C17H22N6O3/c1-10(14(25)11-5-3-2-4-6-11)20-12(24)7-8-23-9-19-13-15(23)21-17(18)22-16(13)26/h2-6,10,14,19,25H,7-9H2,1H3,(H,20,24)(H3,18,21,22,26). The average Bonchev–Trinajstić information content (AvgIpc) is 3.03. The predicted octanol–water partition coefficient (Wildman–Crippen LogP) is 0.170. The molecule has 2 heterocycles. The number of nitrogen functional groups attached to an aromatic ring is 1. The number of aromatic amines is 1. The zero-order chi connectivity index (χ0) is 18.7. The molecule has 2 aromatic rings. The van der Waals surface area contributed by atoms with Crippen LogP contribution in [0.15, 0.2) is 35.1 Å². The monoisotopic (exact) mass is 358 g/mol. The van der Waals surface area contributed by atoms with Gasteiger partial charge in [-0.15, -0.1) is 0 Å². The summed E-state index contributed by atoms with van der Waals surface area (Å²) >= 11 is 0. The Balaban J connectivity index is 1.55. The number of H-pyrrole nitrogens is 1. The number of carbonyl (C=O) groups is 1. The molecule has 0 bridgehead atoms. The smallest absolute Gasteiger partial charge is 0.277 e. The van der Waals surface area contributed by atoms with E-state index < -0.39 is 12.1 Å². The second-order valence-electron chi connectivity index (χ2n) is 6.21. The number of hydrogen-bond acceptors (Lipinski definition) is 7. The number of carbonyl (C=O) groups excluding carboxylic acids is 1. The number of fused-ring (bicyclic) bond motifs is 1. The molecule has 138 valence electrons. The Kier molecular flexibility index (Phi) is 5.08. The number of aliphatic hydroxyl groups excluding tert-OH is 1. The van der Waals surface area contributed by atoms with E-state index in [0.29, 0.717) is 24.7 Å². The number of anilines is 3. The van der Waals surface area contributed by atoms with Gasteiger partial charge in [-0.25, -0.2) is 0 Å². The molecule has 0 fully saturated rings. The molecule has 1 amide bonds. The minimum absolute atomic E-state index is 0.0338. The third-order valence-corrected chi connectivity index (χ3v) is 4.28. The van der Waals surface area contributed by atoms with Gasteiger partial charge < -0.3 is 26.4 Å². The molecule has 3 rings (SSSR count). The van der Waals surface area contributed by atoms with Gasteiger partial charge in [0.25, 0.3) is 5.56 Å². The number of amides is 1. The minimum Gasteiger partial charge on any atom is -0.386 e. The molecule has 0 saturated heterocycles. The Morgan fingerprint density at radius 2 is 2.15 bits per heavy atom. The van der Waals surface area contributed by atoms with Gasteiger partial charge in [-0.3, -0.25) is 14.6 Å². The molecule has 0 aliphatic carbocycles. The van der Waals surface area contributed by atoms with Gasteiger partial charge in [0.1, 0.15) is 5.69 Å². The normalized spacial score (nSPS) is 15.1. The van der Waals surface area contributed by atoms with Crippen LogP contribution in [-0.4, -0.2) is 40.2 Å². The molecule has 9 nitrogen and oxygen atoms in total. The highest BCUT2D eigenvalue weighted by molar-refractivity contribution is 5.78. The van der Waals surface area contributed by atoms with Crippen molar-refractivity contribution in [1.29, 1.82) is 0 Å². The van der Waals surface area contributed by atoms with E-state index in [2.05, 4.69) is 20.6 Å². The zero-order valence-electron chi connectivity index (χ0n) is 14.4. The molecule has 1 aromatic carbocycles. The maximum Gasteiger partial charge on any atom is 0.277 e. The van der Waals surface area contributed by atoms with Crippen LogP contribution in [-0.2, 0) is 4.79 Å². The highest BCUT2D eigenvalue weighted by Gasteiger charge is 2.25. The second-order valence-corrected chi connectivity index (χ2v) is 6.21. The van der Waals surface area contributed by atoms with Gasteiger partial charge in [0.05, 0.1) is 18.8 Å². The minimum atomic E-state index is -0.783. The van der Waals surface area contributed by atoms with Crippen LogP contribution < -0.4 is 26.8 Å². The lowest BCUT2D eigenvalue weighted by atomic mass is 10.0. The van der Waals surface area contributed by atoms with Crippen LogP contribution in [0.5, 0.6) is 0 Å². The van der Waals surface area contributed by atoms with Crippen molar-refractivity contribution in [2.75, 3.05) is 29.2 Å². The molecule has 0 saturated carbocycles. The summed E-state index contributed by atoms with van der Waals surface area (Å²) in [4.78, 5) is 32.3. The van der Waals surface area contributed by atoms with Crippen molar-refractivity contribution in [3.05, 3.63) is 46.2 Å². The Bertz CT molecular complexity index is 838. The van der Waals surface area contributed by atoms with E-state index in [9.17, 15) is 14.7 Å². The summed E-state index contributed by atoms with van der Waals surface area (Å²) in [6.07, 6.45) is -0.587. The van der Waals surface area contributed by atoms with Crippen molar-refractivity contribution in [1.82, 2.24) is 15.3 Å². The van der Waals surface area contributed by atoms with Gasteiger partial charge in [-0.1, -0.05) is 30.3 Å². The number of nitrogens with one attached hydrogen (secondary N) is 3. The molecule has 1 aliphatic rings. The molecule has 0 spiro atoms. The van der Waals surface area contributed by atoms with Crippen molar-refractivity contribution in [2.45, 2.75) is 25.5 Å². The number of aromatic nitrogens is 2. The first-order valence-corrected chi connectivity index (χ1v) is 8.36. The molecule has 1 aliphatic heterocycles. The van der Waals surface area contributed by atoms with E-state index >= 15 is 0 Å². The molecule has 1 aromatic heterocycles. The number of nitrogens with two attached hydrogens (primary N) is 1. The summed E-state index contributed by atoms with van der Waals surface area (Å²) in [7, 11) is 0. The molecule has 2 atom stereocenters. The van der Waals surface area contributed by atoms with Gasteiger partial charge in [-0.05, 0) is 12.5 Å². The fraction of sp³-hybridized carbons (Fsp3) is 0.353. The lowest BCUT2D eigenvalue weighted by molar-refractivity contribution is -0.122. The topological polar surface area (TPSA) is 136 Å². The van der Waals surface area contributed by atoms with Crippen molar-refractivity contribution in [3.63, 3.8) is 0 Å². The maximum absolute atomic E-state index is 12.2. The van der Waals surface area contributed by atoms with E-state index in [1.165, 1.54) is 0 Å². The molecular weight excluding hydrogens is 336 g/mol. The van der Waals surface area contributed by atoms with Gasteiger partial charge in [-0.2, -0.15) is 4.98 Å². The van der Waals surface area contributed by atoms with E-state index in [0.717, 1.165) is 5.56 Å². The summed E-state index contributed by atoms with van der Waals surface area (Å²) < 4.78 is 0. The number of rotatable bonds is 6. The Morgan fingerprint density at radius 1 is 1.42 bits per heavy atom.